The topological polar surface area (TPSA) is 68.2 Å². The number of amides is 1. The first kappa shape index (κ1) is 14.0. The molecule has 1 amide bonds. The largest absolute Gasteiger partial charge is 0.366 e. The standard InChI is InChI=1S/C15H20N4O2/c1-10(2)19-13-7-12(4-3-11(13)8-17-19)18-15(20)14-9-16-5-6-21-14/h3-4,7-8,10,14,16H,5-6,9H2,1-2H3,(H,18,20). The molecule has 2 heterocycles. The summed E-state index contributed by atoms with van der Waals surface area (Å²) in [6, 6.07) is 6.09. The van der Waals surface area contributed by atoms with Gasteiger partial charge in [0.05, 0.1) is 18.3 Å². The molecule has 6 heteroatoms. The molecule has 1 aromatic heterocycles. The summed E-state index contributed by atoms with van der Waals surface area (Å²) in [6.45, 7) is 6.08. The third-order valence-corrected chi connectivity index (χ3v) is 3.58. The van der Waals surface area contributed by atoms with Crippen molar-refractivity contribution < 1.29 is 9.53 Å². The van der Waals surface area contributed by atoms with Crippen molar-refractivity contribution in [1.29, 1.82) is 0 Å². The number of ether oxygens (including phenoxy) is 1. The van der Waals surface area contributed by atoms with Crippen LogP contribution < -0.4 is 10.6 Å². The predicted octanol–water partition coefficient (Wildman–Crippen LogP) is 1.54. The van der Waals surface area contributed by atoms with Crippen LogP contribution in [-0.4, -0.2) is 41.5 Å². The van der Waals surface area contributed by atoms with E-state index in [9.17, 15) is 4.79 Å². The maximum absolute atomic E-state index is 12.2. The lowest BCUT2D eigenvalue weighted by atomic mass is 10.2. The summed E-state index contributed by atoms with van der Waals surface area (Å²) in [6.07, 6.45) is 1.42. The van der Waals surface area contributed by atoms with Crippen molar-refractivity contribution >= 4 is 22.5 Å². The maximum Gasteiger partial charge on any atom is 0.254 e. The van der Waals surface area contributed by atoms with Gasteiger partial charge in [0.25, 0.3) is 5.91 Å². The van der Waals surface area contributed by atoms with Crippen LogP contribution in [0.3, 0.4) is 0 Å². The van der Waals surface area contributed by atoms with Gasteiger partial charge >= 0.3 is 0 Å². The van der Waals surface area contributed by atoms with Gasteiger partial charge in [-0.15, -0.1) is 0 Å². The second kappa shape index (κ2) is 5.83. The molecule has 2 N–H and O–H groups in total. The zero-order valence-corrected chi connectivity index (χ0v) is 12.3. The first-order chi connectivity index (χ1) is 10.1. The zero-order valence-electron chi connectivity index (χ0n) is 12.3. The van der Waals surface area contributed by atoms with E-state index in [1.54, 1.807) is 0 Å². The Kier molecular flexibility index (Phi) is 3.90. The summed E-state index contributed by atoms with van der Waals surface area (Å²) in [5, 5.41) is 11.5. The third kappa shape index (κ3) is 2.91. The van der Waals surface area contributed by atoms with E-state index in [4.69, 9.17) is 4.74 Å². The molecule has 1 atom stereocenters. The summed E-state index contributed by atoms with van der Waals surface area (Å²) in [7, 11) is 0. The van der Waals surface area contributed by atoms with Crippen LogP contribution in [0.25, 0.3) is 10.9 Å². The van der Waals surface area contributed by atoms with Crippen LogP contribution in [0.15, 0.2) is 24.4 Å². The Hall–Kier alpha value is -1.92. The number of morpholine rings is 1. The summed E-state index contributed by atoms with van der Waals surface area (Å²) < 4.78 is 7.40. The molecule has 1 saturated heterocycles. The molecule has 0 saturated carbocycles. The first-order valence-electron chi connectivity index (χ1n) is 7.25. The van der Waals surface area contributed by atoms with E-state index in [1.807, 2.05) is 29.1 Å². The number of benzene rings is 1. The Morgan fingerprint density at radius 3 is 3.10 bits per heavy atom. The van der Waals surface area contributed by atoms with Crippen LogP contribution in [-0.2, 0) is 9.53 Å². The number of aromatic nitrogens is 2. The molecule has 1 aliphatic heterocycles. The molecule has 6 nitrogen and oxygen atoms in total. The molecule has 1 unspecified atom stereocenters. The Bertz CT molecular complexity index is 644. The predicted molar refractivity (Wildman–Crippen MR) is 81.4 cm³/mol. The molecule has 3 rings (SSSR count). The van der Waals surface area contributed by atoms with E-state index in [1.165, 1.54) is 0 Å². The molecule has 0 bridgehead atoms. The number of carbonyl (C=O) groups is 1. The van der Waals surface area contributed by atoms with Crippen LogP contribution in [0.1, 0.15) is 19.9 Å². The Morgan fingerprint density at radius 1 is 1.52 bits per heavy atom. The molecule has 0 spiro atoms. The van der Waals surface area contributed by atoms with Crippen LogP contribution in [0.4, 0.5) is 5.69 Å². The summed E-state index contributed by atoms with van der Waals surface area (Å²) in [4.78, 5) is 12.2. The highest BCUT2D eigenvalue weighted by Crippen LogP contribution is 2.22. The van der Waals surface area contributed by atoms with E-state index < -0.39 is 6.10 Å². The van der Waals surface area contributed by atoms with Crippen molar-refractivity contribution in [3.05, 3.63) is 24.4 Å². The van der Waals surface area contributed by atoms with Gasteiger partial charge in [-0.25, -0.2) is 0 Å². The fourth-order valence-electron chi connectivity index (χ4n) is 2.48. The molecular weight excluding hydrogens is 268 g/mol. The van der Waals surface area contributed by atoms with Crippen LogP contribution >= 0.6 is 0 Å². The number of fused-ring (bicyclic) bond motifs is 1. The highest BCUT2D eigenvalue weighted by Gasteiger charge is 2.21. The fourth-order valence-corrected chi connectivity index (χ4v) is 2.48. The molecule has 1 aromatic carbocycles. The number of rotatable bonds is 3. The summed E-state index contributed by atoms with van der Waals surface area (Å²) in [5.74, 6) is -0.114. The number of hydrogen-bond donors (Lipinski definition) is 2. The van der Waals surface area contributed by atoms with E-state index in [-0.39, 0.29) is 11.9 Å². The van der Waals surface area contributed by atoms with E-state index in [0.717, 1.165) is 23.1 Å². The number of anilines is 1. The highest BCUT2D eigenvalue weighted by atomic mass is 16.5. The monoisotopic (exact) mass is 288 g/mol. The molecule has 21 heavy (non-hydrogen) atoms. The van der Waals surface area contributed by atoms with Gasteiger partial charge in [0, 0.05) is 30.2 Å². The number of carbonyl (C=O) groups excluding carboxylic acids is 1. The normalized spacial score (nSPS) is 19.1. The molecule has 1 aliphatic rings. The lowest BCUT2D eigenvalue weighted by molar-refractivity contribution is -0.128. The smallest absolute Gasteiger partial charge is 0.254 e. The second-order valence-electron chi connectivity index (χ2n) is 5.51. The molecular formula is C15H20N4O2. The maximum atomic E-state index is 12.2. The van der Waals surface area contributed by atoms with Crippen molar-refractivity contribution in [3.8, 4) is 0 Å². The van der Waals surface area contributed by atoms with Gasteiger partial charge in [-0.05, 0) is 32.0 Å². The lowest BCUT2D eigenvalue weighted by Gasteiger charge is -2.22. The minimum absolute atomic E-state index is 0.114. The molecule has 112 valence electrons. The minimum atomic E-state index is -0.426. The zero-order chi connectivity index (χ0) is 14.8. The van der Waals surface area contributed by atoms with Crippen LogP contribution in [0, 0.1) is 0 Å². The molecule has 1 fully saturated rings. The Balaban J connectivity index is 1.80. The summed E-state index contributed by atoms with van der Waals surface area (Å²) in [5.41, 5.74) is 1.79. The van der Waals surface area contributed by atoms with Crippen LogP contribution in [0.5, 0.6) is 0 Å². The SMILES string of the molecule is CC(C)n1ncc2ccc(NC(=O)C3CNCCO3)cc21. The minimum Gasteiger partial charge on any atom is -0.366 e. The number of nitrogens with zero attached hydrogens (tertiary/aromatic N) is 2. The first-order valence-corrected chi connectivity index (χ1v) is 7.25. The van der Waals surface area contributed by atoms with Crippen molar-refractivity contribution in [2.75, 3.05) is 25.0 Å². The van der Waals surface area contributed by atoms with Gasteiger partial charge < -0.3 is 15.4 Å². The van der Waals surface area contributed by atoms with Gasteiger partial charge in [0.15, 0.2) is 0 Å². The van der Waals surface area contributed by atoms with E-state index in [0.29, 0.717) is 13.2 Å². The number of hydrogen-bond acceptors (Lipinski definition) is 4. The number of nitrogens with one attached hydrogen (secondary N) is 2. The van der Waals surface area contributed by atoms with Crippen molar-refractivity contribution in [3.63, 3.8) is 0 Å². The van der Waals surface area contributed by atoms with Gasteiger partial charge in [0.1, 0.15) is 6.10 Å². The van der Waals surface area contributed by atoms with E-state index in [2.05, 4.69) is 29.6 Å². The van der Waals surface area contributed by atoms with Crippen molar-refractivity contribution in [2.45, 2.75) is 26.0 Å². The lowest BCUT2D eigenvalue weighted by Crippen LogP contribution is -2.45. The van der Waals surface area contributed by atoms with Gasteiger partial charge in [-0.1, -0.05) is 0 Å². The van der Waals surface area contributed by atoms with Gasteiger partial charge in [-0.3, -0.25) is 9.48 Å². The quantitative estimate of drug-likeness (QED) is 0.899. The average Bonchev–Trinajstić information content (AvgIpc) is 2.91. The van der Waals surface area contributed by atoms with E-state index >= 15 is 0 Å². The molecule has 2 aromatic rings. The van der Waals surface area contributed by atoms with Crippen molar-refractivity contribution in [1.82, 2.24) is 15.1 Å². The fraction of sp³-hybridized carbons (Fsp3) is 0.467. The van der Waals surface area contributed by atoms with Crippen molar-refractivity contribution in [2.24, 2.45) is 0 Å². The third-order valence-electron chi connectivity index (χ3n) is 3.58. The van der Waals surface area contributed by atoms with Gasteiger partial charge in [0.2, 0.25) is 0 Å². The second-order valence-corrected chi connectivity index (χ2v) is 5.51. The Morgan fingerprint density at radius 2 is 2.38 bits per heavy atom. The van der Waals surface area contributed by atoms with Gasteiger partial charge in [-0.2, -0.15) is 5.10 Å². The molecule has 0 aliphatic carbocycles. The Labute approximate surface area is 123 Å². The van der Waals surface area contributed by atoms with Crippen LogP contribution in [0.2, 0.25) is 0 Å². The summed E-state index contributed by atoms with van der Waals surface area (Å²) >= 11 is 0. The average molecular weight is 288 g/mol. The highest BCUT2D eigenvalue weighted by molar-refractivity contribution is 5.96. The molecule has 0 radical (unpaired) electrons.